The normalized spacial score (nSPS) is 15.8. The number of rotatable bonds is 7. The molecule has 3 rings (SSSR count). The number of carbonyl (C=O) groups is 2. The molecule has 0 unspecified atom stereocenters. The van der Waals surface area contributed by atoms with Crippen molar-refractivity contribution >= 4 is 11.6 Å². The van der Waals surface area contributed by atoms with Gasteiger partial charge in [-0.2, -0.15) is 0 Å². The summed E-state index contributed by atoms with van der Waals surface area (Å²) in [6.45, 7) is 7.96. The van der Waals surface area contributed by atoms with E-state index in [0.717, 1.165) is 37.1 Å². The second-order valence-electron chi connectivity index (χ2n) is 9.52. The van der Waals surface area contributed by atoms with Crippen molar-refractivity contribution in [3.8, 4) is 0 Å². The molecule has 1 saturated heterocycles. The SMILES string of the molecule is CC(C)(O)C(=O)c1ccc(C(c2ccc(C(=O)C(C)(C)O)cc2)N2CCCCC2)cc1. The van der Waals surface area contributed by atoms with E-state index in [1.54, 1.807) is 24.3 Å². The van der Waals surface area contributed by atoms with Gasteiger partial charge < -0.3 is 10.2 Å². The molecular formula is C26H33NO4. The summed E-state index contributed by atoms with van der Waals surface area (Å²) < 4.78 is 0. The van der Waals surface area contributed by atoms with Crippen molar-refractivity contribution in [3.05, 3.63) is 70.8 Å². The fourth-order valence-electron chi connectivity index (χ4n) is 4.13. The molecule has 0 saturated carbocycles. The molecule has 5 heteroatoms. The summed E-state index contributed by atoms with van der Waals surface area (Å²) in [5, 5.41) is 20.0. The average Bonchev–Trinajstić information content (AvgIpc) is 2.73. The monoisotopic (exact) mass is 423 g/mol. The third-order valence-corrected chi connectivity index (χ3v) is 5.84. The molecule has 0 amide bonds. The summed E-state index contributed by atoms with van der Waals surface area (Å²) in [4.78, 5) is 27.2. The molecule has 1 aliphatic rings. The van der Waals surface area contributed by atoms with Crippen LogP contribution in [0.25, 0.3) is 0 Å². The van der Waals surface area contributed by atoms with Crippen LogP contribution >= 0.6 is 0 Å². The first kappa shape index (κ1) is 23.3. The minimum Gasteiger partial charge on any atom is -0.382 e. The molecule has 2 N–H and O–H groups in total. The van der Waals surface area contributed by atoms with Gasteiger partial charge in [-0.15, -0.1) is 0 Å². The number of hydrogen-bond acceptors (Lipinski definition) is 5. The molecule has 2 aromatic carbocycles. The Morgan fingerprint density at radius 3 is 1.39 bits per heavy atom. The standard InChI is InChI=1S/C26H33NO4/c1-25(2,30)23(28)20-12-8-18(9-13-20)22(27-16-6-5-7-17-27)19-10-14-21(15-11-19)24(29)26(3,4)31/h8-15,22,30-31H,5-7,16-17H2,1-4H3. The highest BCUT2D eigenvalue weighted by Crippen LogP contribution is 2.32. The maximum absolute atomic E-state index is 12.4. The maximum Gasteiger partial charge on any atom is 0.193 e. The van der Waals surface area contributed by atoms with Crippen molar-refractivity contribution < 1.29 is 19.8 Å². The van der Waals surface area contributed by atoms with Crippen LogP contribution in [-0.4, -0.2) is 51.0 Å². The van der Waals surface area contributed by atoms with Crippen LogP contribution in [0.15, 0.2) is 48.5 Å². The zero-order valence-electron chi connectivity index (χ0n) is 18.9. The number of carbonyl (C=O) groups excluding carboxylic acids is 2. The Balaban J connectivity index is 1.94. The van der Waals surface area contributed by atoms with Crippen molar-refractivity contribution in [2.45, 2.75) is 64.2 Å². The molecule has 1 aliphatic heterocycles. The zero-order chi connectivity index (χ0) is 22.8. The Hall–Kier alpha value is -2.34. The van der Waals surface area contributed by atoms with E-state index in [4.69, 9.17) is 0 Å². The lowest BCUT2D eigenvalue weighted by molar-refractivity contribution is 0.0487. The van der Waals surface area contributed by atoms with Gasteiger partial charge in [0.2, 0.25) is 0 Å². The second-order valence-corrected chi connectivity index (χ2v) is 9.52. The van der Waals surface area contributed by atoms with Crippen molar-refractivity contribution in [1.29, 1.82) is 0 Å². The van der Waals surface area contributed by atoms with E-state index in [1.807, 2.05) is 24.3 Å². The van der Waals surface area contributed by atoms with E-state index in [0.29, 0.717) is 11.1 Å². The molecule has 2 aromatic rings. The zero-order valence-corrected chi connectivity index (χ0v) is 18.9. The highest BCUT2D eigenvalue weighted by Gasteiger charge is 2.28. The molecule has 0 radical (unpaired) electrons. The first-order chi connectivity index (χ1) is 14.5. The summed E-state index contributed by atoms with van der Waals surface area (Å²) >= 11 is 0. The predicted molar refractivity (Wildman–Crippen MR) is 121 cm³/mol. The van der Waals surface area contributed by atoms with Crippen molar-refractivity contribution in [3.63, 3.8) is 0 Å². The van der Waals surface area contributed by atoms with Crippen molar-refractivity contribution in [1.82, 2.24) is 4.90 Å². The molecule has 5 nitrogen and oxygen atoms in total. The van der Waals surface area contributed by atoms with Crippen LogP contribution in [0.1, 0.15) is 84.8 Å². The molecule has 1 fully saturated rings. The summed E-state index contributed by atoms with van der Waals surface area (Å²) in [6.07, 6.45) is 3.50. The predicted octanol–water partition coefficient (Wildman–Crippen LogP) is 4.17. The number of benzene rings is 2. The van der Waals surface area contributed by atoms with E-state index in [2.05, 4.69) is 4.90 Å². The van der Waals surface area contributed by atoms with Gasteiger partial charge in [-0.1, -0.05) is 55.0 Å². The van der Waals surface area contributed by atoms with Gasteiger partial charge in [-0.25, -0.2) is 0 Å². The summed E-state index contributed by atoms with van der Waals surface area (Å²) in [5.41, 5.74) is 0.291. The van der Waals surface area contributed by atoms with Gasteiger partial charge in [0, 0.05) is 11.1 Å². The number of hydrogen-bond donors (Lipinski definition) is 2. The van der Waals surface area contributed by atoms with E-state index in [-0.39, 0.29) is 17.6 Å². The van der Waals surface area contributed by atoms with Crippen LogP contribution in [0.5, 0.6) is 0 Å². The van der Waals surface area contributed by atoms with Gasteiger partial charge in [-0.05, 0) is 64.8 Å². The Morgan fingerprint density at radius 1 is 0.710 bits per heavy atom. The number of likely N-dealkylation sites (tertiary alicyclic amines) is 1. The molecule has 0 aromatic heterocycles. The first-order valence-electron chi connectivity index (χ1n) is 11.0. The van der Waals surface area contributed by atoms with Gasteiger partial charge in [0.05, 0.1) is 6.04 Å². The second kappa shape index (κ2) is 9.03. The summed E-state index contributed by atoms with van der Waals surface area (Å²) in [5.74, 6) is -0.605. The molecule has 1 heterocycles. The van der Waals surface area contributed by atoms with E-state index in [1.165, 1.54) is 34.1 Å². The van der Waals surface area contributed by atoms with Crippen molar-refractivity contribution in [2.24, 2.45) is 0 Å². The molecule has 0 bridgehead atoms. The van der Waals surface area contributed by atoms with Crippen LogP contribution in [0, 0.1) is 0 Å². The summed E-state index contributed by atoms with van der Waals surface area (Å²) in [7, 11) is 0. The smallest absolute Gasteiger partial charge is 0.193 e. The molecule has 0 aliphatic carbocycles. The van der Waals surface area contributed by atoms with Crippen LogP contribution < -0.4 is 0 Å². The average molecular weight is 424 g/mol. The lowest BCUT2D eigenvalue weighted by Crippen LogP contribution is -2.35. The lowest BCUT2D eigenvalue weighted by Gasteiger charge is -2.35. The van der Waals surface area contributed by atoms with Gasteiger partial charge >= 0.3 is 0 Å². The molecular weight excluding hydrogens is 390 g/mol. The third-order valence-electron chi connectivity index (χ3n) is 5.84. The van der Waals surface area contributed by atoms with E-state index >= 15 is 0 Å². The molecule has 0 spiro atoms. The van der Waals surface area contributed by atoms with Crippen LogP contribution in [0.4, 0.5) is 0 Å². The number of nitrogens with zero attached hydrogens (tertiary/aromatic N) is 1. The van der Waals surface area contributed by atoms with Crippen LogP contribution in [0.3, 0.4) is 0 Å². The topological polar surface area (TPSA) is 77.8 Å². The minimum atomic E-state index is -1.41. The van der Waals surface area contributed by atoms with Gasteiger partial charge in [0.15, 0.2) is 11.6 Å². The van der Waals surface area contributed by atoms with Crippen molar-refractivity contribution in [2.75, 3.05) is 13.1 Å². The molecule has 31 heavy (non-hydrogen) atoms. The van der Waals surface area contributed by atoms with Gasteiger partial charge in [-0.3, -0.25) is 14.5 Å². The minimum absolute atomic E-state index is 0.0119. The first-order valence-corrected chi connectivity index (χ1v) is 11.0. The number of Topliss-reactive ketones (excluding diaryl/α,β-unsaturated/α-hetero) is 2. The Bertz CT molecular complexity index is 842. The number of piperidine rings is 1. The van der Waals surface area contributed by atoms with E-state index < -0.39 is 11.2 Å². The fraction of sp³-hybridized carbons (Fsp3) is 0.462. The highest BCUT2D eigenvalue weighted by molar-refractivity contribution is 6.02. The number of ketones is 2. The Labute approximate surface area is 184 Å². The van der Waals surface area contributed by atoms with Crippen LogP contribution in [-0.2, 0) is 0 Å². The lowest BCUT2D eigenvalue weighted by atomic mass is 9.90. The molecule has 0 atom stereocenters. The van der Waals surface area contributed by atoms with Gasteiger partial charge in [0.25, 0.3) is 0 Å². The number of aliphatic hydroxyl groups is 2. The maximum atomic E-state index is 12.4. The van der Waals surface area contributed by atoms with Crippen LogP contribution in [0.2, 0.25) is 0 Å². The quantitative estimate of drug-likeness (QED) is 0.654. The van der Waals surface area contributed by atoms with Gasteiger partial charge in [0.1, 0.15) is 11.2 Å². The highest BCUT2D eigenvalue weighted by atomic mass is 16.3. The largest absolute Gasteiger partial charge is 0.382 e. The fourth-order valence-corrected chi connectivity index (χ4v) is 4.13. The summed E-state index contributed by atoms with van der Waals surface area (Å²) in [6, 6.07) is 14.9. The Kier molecular flexibility index (Phi) is 6.79. The third kappa shape index (κ3) is 5.48. The van der Waals surface area contributed by atoms with E-state index in [9.17, 15) is 19.8 Å². The molecule has 166 valence electrons. The Morgan fingerprint density at radius 2 is 1.06 bits per heavy atom.